The Balaban J connectivity index is 0.000000474. The first-order chi connectivity index (χ1) is 14.3. The molecule has 0 bridgehead atoms. The van der Waals surface area contributed by atoms with Crippen molar-refractivity contribution in [2.75, 3.05) is 22.4 Å². The van der Waals surface area contributed by atoms with Crippen molar-refractivity contribution in [1.82, 2.24) is 4.57 Å². The summed E-state index contributed by atoms with van der Waals surface area (Å²) in [6, 6.07) is 6.11. The van der Waals surface area contributed by atoms with E-state index in [-0.39, 0.29) is 11.2 Å². The van der Waals surface area contributed by atoms with E-state index in [2.05, 4.69) is 10.0 Å². The molecule has 0 saturated heterocycles. The van der Waals surface area contributed by atoms with Crippen molar-refractivity contribution in [3.63, 3.8) is 0 Å². The number of nitrogens with zero attached hydrogens (tertiary/aromatic N) is 1. The third kappa shape index (κ3) is 8.67. The van der Waals surface area contributed by atoms with Gasteiger partial charge in [-0.25, -0.2) is 8.60 Å². The van der Waals surface area contributed by atoms with Crippen LogP contribution in [-0.4, -0.2) is 26.2 Å². The molecule has 1 aliphatic carbocycles. The minimum Gasteiger partial charge on any atom is -0.396 e. The molecule has 3 rings (SSSR count). The van der Waals surface area contributed by atoms with E-state index in [4.69, 9.17) is 5.11 Å². The van der Waals surface area contributed by atoms with Gasteiger partial charge in [0, 0.05) is 31.7 Å². The Hall–Kier alpha value is -2.19. The number of aliphatic hydroxyl groups excluding tert-OH is 1. The molecule has 2 aromatic rings. The first-order valence-corrected chi connectivity index (χ1v) is 11.7. The van der Waals surface area contributed by atoms with Crippen LogP contribution in [0, 0.1) is 18.7 Å². The van der Waals surface area contributed by atoms with Gasteiger partial charge in [0.1, 0.15) is 16.8 Å². The number of aryl methyl sites for hydroxylation is 2. The predicted molar refractivity (Wildman–Crippen MR) is 124 cm³/mol. The standard InChI is InChI=1S/C15H18FN3O2S.C5H10O.C2H6/c1-4-22(21)18-14-9-19(3)15(20)8-13(14)17-12-6-5-10(2)7-11(12)16;6-4-3-5-1-2-5;1-2/h5-9,17-18H,4H2,1-3H3;5-6H,1-4H2;1-2H3. The highest BCUT2D eigenvalue weighted by Crippen LogP contribution is 2.31. The molecule has 168 valence electrons. The maximum absolute atomic E-state index is 14.0. The largest absolute Gasteiger partial charge is 0.396 e. The van der Waals surface area contributed by atoms with Crippen LogP contribution in [0.1, 0.15) is 45.6 Å². The lowest BCUT2D eigenvalue weighted by Gasteiger charge is -2.14. The Labute approximate surface area is 181 Å². The number of anilines is 3. The number of aliphatic hydroxyl groups is 1. The number of aromatic nitrogens is 1. The van der Waals surface area contributed by atoms with E-state index in [1.165, 1.54) is 35.7 Å². The van der Waals surface area contributed by atoms with Crippen LogP contribution in [0.3, 0.4) is 0 Å². The summed E-state index contributed by atoms with van der Waals surface area (Å²) in [5, 5.41) is 11.2. The molecule has 0 spiro atoms. The van der Waals surface area contributed by atoms with Crippen molar-refractivity contribution in [1.29, 1.82) is 0 Å². The zero-order valence-corrected chi connectivity index (χ0v) is 19.3. The predicted octanol–water partition coefficient (Wildman–Crippen LogP) is 4.48. The summed E-state index contributed by atoms with van der Waals surface area (Å²) in [7, 11) is 0.327. The van der Waals surface area contributed by atoms with Crippen molar-refractivity contribution >= 4 is 28.0 Å². The number of benzene rings is 1. The fourth-order valence-electron chi connectivity index (χ4n) is 2.47. The smallest absolute Gasteiger partial charge is 0.252 e. The molecule has 30 heavy (non-hydrogen) atoms. The van der Waals surface area contributed by atoms with Crippen LogP contribution in [0.5, 0.6) is 0 Å². The molecule has 1 heterocycles. The molecule has 0 radical (unpaired) electrons. The highest BCUT2D eigenvalue weighted by Gasteiger charge is 2.19. The maximum atomic E-state index is 14.0. The van der Waals surface area contributed by atoms with Crippen molar-refractivity contribution in [2.24, 2.45) is 13.0 Å². The van der Waals surface area contributed by atoms with Crippen LogP contribution in [0.2, 0.25) is 0 Å². The molecule has 1 unspecified atom stereocenters. The monoisotopic (exact) mass is 439 g/mol. The normalized spacial score (nSPS) is 13.3. The summed E-state index contributed by atoms with van der Waals surface area (Å²) in [6.07, 6.45) is 5.30. The summed E-state index contributed by atoms with van der Waals surface area (Å²) in [6.45, 7) is 7.96. The second-order valence-corrected chi connectivity index (χ2v) is 8.32. The number of nitrogens with one attached hydrogen (secondary N) is 2. The highest BCUT2D eigenvalue weighted by atomic mass is 32.2. The van der Waals surface area contributed by atoms with E-state index in [0.717, 1.165) is 17.9 Å². The quantitative estimate of drug-likeness (QED) is 0.594. The SMILES string of the molecule is CC.CCS(=O)Nc1cn(C)c(=O)cc1Nc1ccc(C)cc1F.OCCC1CC1. The molecule has 1 aliphatic rings. The van der Waals surface area contributed by atoms with Gasteiger partial charge in [0.25, 0.3) is 5.56 Å². The van der Waals surface area contributed by atoms with E-state index >= 15 is 0 Å². The lowest BCUT2D eigenvalue weighted by Crippen LogP contribution is -2.18. The topological polar surface area (TPSA) is 83.4 Å². The fourth-order valence-corrected chi connectivity index (χ4v) is 3.02. The Bertz CT molecular complexity index is 882. The number of hydrogen-bond acceptors (Lipinski definition) is 4. The first-order valence-electron chi connectivity index (χ1n) is 10.3. The van der Waals surface area contributed by atoms with Gasteiger partial charge < -0.3 is 19.7 Å². The van der Waals surface area contributed by atoms with Crippen LogP contribution in [0.25, 0.3) is 0 Å². The molecule has 3 N–H and O–H groups in total. The Morgan fingerprint density at radius 1 is 1.20 bits per heavy atom. The number of halogens is 1. The molecule has 0 aliphatic heterocycles. The molecule has 0 amide bonds. The van der Waals surface area contributed by atoms with Crippen molar-refractivity contribution in [2.45, 2.75) is 47.0 Å². The Kier molecular flexibility index (Phi) is 11.4. The molecule has 1 aromatic carbocycles. The highest BCUT2D eigenvalue weighted by molar-refractivity contribution is 7.86. The van der Waals surface area contributed by atoms with Gasteiger partial charge in [0.05, 0.1) is 17.1 Å². The van der Waals surface area contributed by atoms with Crippen LogP contribution in [0.15, 0.2) is 35.3 Å². The molecule has 1 fully saturated rings. The Morgan fingerprint density at radius 2 is 1.87 bits per heavy atom. The summed E-state index contributed by atoms with van der Waals surface area (Å²) in [5.74, 6) is 0.902. The molecule has 1 saturated carbocycles. The van der Waals surface area contributed by atoms with E-state index in [1.807, 2.05) is 13.8 Å². The van der Waals surface area contributed by atoms with Crippen LogP contribution < -0.4 is 15.6 Å². The molecule has 8 heteroatoms. The lowest BCUT2D eigenvalue weighted by atomic mass is 10.2. The fraction of sp³-hybridized carbons (Fsp3) is 0.500. The van der Waals surface area contributed by atoms with Gasteiger partial charge in [-0.15, -0.1) is 0 Å². The third-order valence-electron chi connectivity index (χ3n) is 4.34. The van der Waals surface area contributed by atoms with E-state index < -0.39 is 16.8 Å². The zero-order chi connectivity index (χ0) is 22.7. The van der Waals surface area contributed by atoms with E-state index in [0.29, 0.717) is 23.7 Å². The van der Waals surface area contributed by atoms with Crippen LogP contribution in [-0.2, 0) is 18.0 Å². The van der Waals surface area contributed by atoms with Crippen molar-refractivity contribution < 1.29 is 13.7 Å². The third-order valence-corrected chi connectivity index (χ3v) is 5.31. The van der Waals surface area contributed by atoms with Crippen molar-refractivity contribution in [3.8, 4) is 0 Å². The summed E-state index contributed by atoms with van der Waals surface area (Å²) >= 11 is 0. The first kappa shape index (κ1) is 25.8. The second kappa shape index (κ2) is 13.2. The van der Waals surface area contributed by atoms with Gasteiger partial charge >= 0.3 is 0 Å². The summed E-state index contributed by atoms with van der Waals surface area (Å²) < 4.78 is 29.8. The van der Waals surface area contributed by atoms with Gasteiger partial charge in [-0.2, -0.15) is 0 Å². The van der Waals surface area contributed by atoms with Gasteiger partial charge in [-0.1, -0.05) is 39.7 Å². The minimum absolute atomic E-state index is 0.247. The molecule has 6 nitrogen and oxygen atoms in total. The lowest BCUT2D eigenvalue weighted by molar-refractivity contribution is 0.280. The summed E-state index contributed by atoms with van der Waals surface area (Å²) in [4.78, 5) is 11.8. The number of pyridine rings is 1. The Morgan fingerprint density at radius 3 is 2.37 bits per heavy atom. The maximum Gasteiger partial charge on any atom is 0.252 e. The molecule has 1 aromatic heterocycles. The van der Waals surface area contributed by atoms with E-state index in [1.54, 1.807) is 33.0 Å². The van der Waals surface area contributed by atoms with Crippen LogP contribution in [0.4, 0.5) is 21.5 Å². The summed E-state index contributed by atoms with van der Waals surface area (Å²) in [5.41, 5.74) is 1.67. The van der Waals surface area contributed by atoms with Crippen molar-refractivity contribution in [3.05, 3.63) is 52.2 Å². The van der Waals surface area contributed by atoms with Gasteiger partial charge in [-0.05, 0) is 37.0 Å². The average molecular weight is 440 g/mol. The van der Waals surface area contributed by atoms with Crippen LogP contribution >= 0.6 is 0 Å². The number of hydrogen-bond donors (Lipinski definition) is 3. The molecular weight excluding hydrogens is 405 g/mol. The van der Waals surface area contributed by atoms with Gasteiger partial charge in [-0.3, -0.25) is 4.79 Å². The van der Waals surface area contributed by atoms with Gasteiger partial charge in [0.2, 0.25) is 0 Å². The molecular formula is C22H34FN3O3S. The second-order valence-electron chi connectivity index (χ2n) is 6.85. The van der Waals surface area contributed by atoms with Gasteiger partial charge in [0.15, 0.2) is 0 Å². The van der Waals surface area contributed by atoms with E-state index in [9.17, 15) is 13.4 Å². The average Bonchev–Trinajstić information content (AvgIpc) is 3.54. The minimum atomic E-state index is -1.27. The number of rotatable bonds is 7. The molecule has 1 atom stereocenters. The zero-order valence-electron chi connectivity index (χ0n) is 18.5.